The first-order valence-corrected chi connectivity index (χ1v) is 9.41. The van der Waals surface area contributed by atoms with Crippen molar-refractivity contribution in [3.05, 3.63) is 0 Å². The predicted molar refractivity (Wildman–Crippen MR) is 101 cm³/mol. The predicted octanol–water partition coefficient (Wildman–Crippen LogP) is 0.647. The van der Waals surface area contributed by atoms with Crippen LogP contribution in [0, 0.1) is 0 Å². The number of nitrogens with one attached hydrogen (secondary N) is 2. The van der Waals surface area contributed by atoms with Crippen LogP contribution in [0.4, 0.5) is 0 Å². The molecule has 0 aliphatic heterocycles. The molecule has 0 aromatic heterocycles. The second-order valence-corrected chi connectivity index (χ2v) is 6.74. The van der Waals surface area contributed by atoms with Crippen LogP contribution in [0.15, 0.2) is 4.99 Å². The van der Waals surface area contributed by atoms with Gasteiger partial charge in [0.25, 0.3) is 0 Å². The zero-order valence-corrected chi connectivity index (χ0v) is 16.9. The third kappa shape index (κ3) is 17.9. The molecule has 0 atom stereocenters. The number of sulfone groups is 1. The molecule has 0 radical (unpaired) electrons. The number of hydrogen-bond donors (Lipinski definition) is 2. The Morgan fingerprint density at radius 1 is 1.09 bits per heavy atom. The molecule has 0 amide bonds. The van der Waals surface area contributed by atoms with Gasteiger partial charge >= 0.3 is 0 Å². The summed E-state index contributed by atoms with van der Waals surface area (Å²) in [6.45, 7) is 8.15. The molecule has 0 aromatic rings. The first-order valence-electron chi connectivity index (χ1n) is 7.35. The lowest BCUT2D eigenvalue weighted by Gasteiger charge is -2.11. The maximum Gasteiger partial charge on any atom is 0.191 e. The topological polar surface area (TPSA) is 89.0 Å². The van der Waals surface area contributed by atoms with Gasteiger partial charge in [-0.05, 0) is 20.3 Å². The number of rotatable bonds is 12. The molecule has 0 heterocycles. The Morgan fingerprint density at radius 2 is 1.82 bits per heavy atom. The Hall–Kier alpha value is -0.130. The van der Waals surface area contributed by atoms with Crippen LogP contribution in [0.2, 0.25) is 0 Å². The minimum atomic E-state index is -2.95. The van der Waals surface area contributed by atoms with Gasteiger partial charge in [-0.1, -0.05) is 0 Å². The molecule has 0 spiro atoms. The van der Waals surface area contributed by atoms with E-state index in [1.165, 1.54) is 6.26 Å². The average molecular weight is 451 g/mol. The van der Waals surface area contributed by atoms with Crippen molar-refractivity contribution < 1.29 is 17.9 Å². The van der Waals surface area contributed by atoms with Crippen molar-refractivity contribution in [3.8, 4) is 0 Å². The number of nitrogens with zero attached hydrogens (tertiary/aromatic N) is 1. The Kier molecular flexibility index (Phi) is 17.3. The van der Waals surface area contributed by atoms with Crippen LogP contribution in [-0.4, -0.2) is 72.4 Å². The van der Waals surface area contributed by atoms with Crippen LogP contribution in [0.3, 0.4) is 0 Å². The third-order valence-electron chi connectivity index (χ3n) is 2.40. The third-order valence-corrected chi connectivity index (χ3v) is 3.31. The number of guanidine groups is 1. The monoisotopic (exact) mass is 451 g/mol. The van der Waals surface area contributed by atoms with Crippen LogP contribution in [0.25, 0.3) is 0 Å². The highest BCUT2D eigenvalue weighted by Crippen LogP contribution is 1.86. The van der Waals surface area contributed by atoms with Gasteiger partial charge in [0.05, 0.1) is 19.0 Å². The van der Waals surface area contributed by atoms with E-state index >= 15 is 0 Å². The van der Waals surface area contributed by atoms with Crippen LogP contribution < -0.4 is 10.6 Å². The maximum absolute atomic E-state index is 10.9. The van der Waals surface area contributed by atoms with Crippen molar-refractivity contribution in [2.75, 3.05) is 58.1 Å². The van der Waals surface area contributed by atoms with Crippen molar-refractivity contribution in [2.24, 2.45) is 4.99 Å². The van der Waals surface area contributed by atoms with Gasteiger partial charge in [0.1, 0.15) is 9.84 Å². The lowest BCUT2D eigenvalue weighted by molar-refractivity contribution is 0.146. The van der Waals surface area contributed by atoms with E-state index in [2.05, 4.69) is 15.6 Å². The van der Waals surface area contributed by atoms with Crippen molar-refractivity contribution in [1.29, 1.82) is 0 Å². The maximum atomic E-state index is 10.9. The highest BCUT2D eigenvalue weighted by molar-refractivity contribution is 14.0. The molecule has 0 saturated heterocycles. The lowest BCUT2D eigenvalue weighted by atomic mass is 10.4. The van der Waals surface area contributed by atoms with E-state index in [1.807, 2.05) is 13.8 Å². The fraction of sp³-hybridized carbons (Fsp3) is 0.923. The summed E-state index contributed by atoms with van der Waals surface area (Å²) in [6, 6.07) is 0. The summed E-state index contributed by atoms with van der Waals surface area (Å²) in [7, 11) is -2.95. The molecule has 7 nitrogen and oxygen atoms in total. The molecule has 0 aliphatic rings. The SMILES string of the molecule is CCNC(=NCCCOCC)NCCOCCS(C)(=O)=O.I. The molecule has 134 valence electrons. The van der Waals surface area contributed by atoms with E-state index in [1.54, 1.807) is 0 Å². The van der Waals surface area contributed by atoms with Gasteiger partial charge in [-0.2, -0.15) is 0 Å². The first kappa shape index (κ1) is 24.1. The standard InChI is InChI=1S/C13H29N3O4S.HI/c1-4-14-13(15-7-6-9-19-5-2)16-8-10-20-11-12-21(3,17)18;/h4-12H2,1-3H3,(H2,14,15,16);1H. The van der Waals surface area contributed by atoms with E-state index in [0.29, 0.717) is 26.3 Å². The van der Waals surface area contributed by atoms with Crippen LogP contribution >= 0.6 is 24.0 Å². The molecule has 0 unspecified atom stereocenters. The summed E-state index contributed by atoms with van der Waals surface area (Å²) in [5.41, 5.74) is 0. The average Bonchev–Trinajstić information content (AvgIpc) is 2.41. The minimum Gasteiger partial charge on any atom is -0.382 e. The van der Waals surface area contributed by atoms with E-state index in [4.69, 9.17) is 9.47 Å². The molecule has 0 saturated carbocycles. The molecular weight excluding hydrogens is 421 g/mol. The van der Waals surface area contributed by atoms with Gasteiger partial charge < -0.3 is 20.1 Å². The zero-order chi connectivity index (χ0) is 16.0. The van der Waals surface area contributed by atoms with Crippen molar-refractivity contribution in [3.63, 3.8) is 0 Å². The number of ether oxygens (including phenoxy) is 2. The quantitative estimate of drug-likeness (QED) is 0.196. The van der Waals surface area contributed by atoms with Gasteiger partial charge in [-0.25, -0.2) is 8.42 Å². The lowest BCUT2D eigenvalue weighted by Crippen LogP contribution is -2.39. The van der Waals surface area contributed by atoms with E-state index in [-0.39, 0.29) is 36.3 Å². The summed E-state index contributed by atoms with van der Waals surface area (Å²) in [5, 5.41) is 6.27. The fourth-order valence-corrected chi connectivity index (χ4v) is 1.82. The molecule has 0 aromatic carbocycles. The Morgan fingerprint density at radius 3 is 2.41 bits per heavy atom. The summed E-state index contributed by atoms with van der Waals surface area (Å²) < 4.78 is 32.3. The molecule has 9 heteroatoms. The molecule has 22 heavy (non-hydrogen) atoms. The molecule has 2 N–H and O–H groups in total. The normalized spacial score (nSPS) is 11.9. The highest BCUT2D eigenvalue weighted by atomic mass is 127. The summed E-state index contributed by atoms with van der Waals surface area (Å²) in [4.78, 5) is 4.41. The van der Waals surface area contributed by atoms with Crippen LogP contribution in [0.5, 0.6) is 0 Å². The van der Waals surface area contributed by atoms with Gasteiger partial charge in [-0.15, -0.1) is 24.0 Å². The number of hydrogen-bond acceptors (Lipinski definition) is 5. The van der Waals surface area contributed by atoms with Crippen molar-refractivity contribution in [2.45, 2.75) is 20.3 Å². The summed E-state index contributed by atoms with van der Waals surface area (Å²) in [6.07, 6.45) is 2.09. The summed E-state index contributed by atoms with van der Waals surface area (Å²) >= 11 is 0. The first-order chi connectivity index (χ1) is 9.99. The van der Waals surface area contributed by atoms with E-state index in [0.717, 1.165) is 25.5 Å². The largest absolute Gasteiger partial charge is 0.382 e. The Balaban J connectivity index is 0. The second kappa shape index (κ2) is 15.8. The van der Waals surface area contributed by atoms with Gasteiger partial charge in [0.2, 0.25) is 0 Å². The molecule has 0 fully saturated rings. The molecule has 0 rings (SSSR count). The van der Waals surface area contributed by atoms with Gasteiger partial charge in [0, 0.05) is 39.1 Å². The summed E-state index contributed by atoms with van der Waals surface area (Å²) in [5.74, 6) is 0.791. The van der Waals surface area contributed by atoms with Crippen molar-refractivity contribution in [1.82, 2.24) is 10.6 Å². The minimum absolute atomic E-state index is 0. The van der Waals surface area contributed by atoms with Crippen LogP contribution in [0.1, 0.15) is 20.3 Å². The molecular formula is C13H30IN3O4S. The van der Waals surface area contributed by atoms with Gasteiger partial charge in [-0.3, -0.25) is 4.99 Å². The van der Waals surface area contributed by atoms with Crippen molar-refractivity contribution >= 4 is 39.8 Å². The molecule has 0 aliphatic carbocycles. The van der Waals surface area contributed by atoms with Gasteiger partial charge in [0.15, 0.2) is 5.96 Å². The smallest absolute Gasteiger partial charge is 0.191 e. The number of aliphatic imine (C=N–C) groups is 1. The van der Waals surface area contributed by atoms with Crippen LogP contribution in [-0.2, 0) is 19.3 Å². The Labute approximate surface area is 151 Å². The van der Waals surface area contributed by atoms with E-state index < -0.39 is 9.84 Å². The molecule has 0 bridgehead atoms. The fourth-order valence-electron chi connectivity index (χ4n) is 1.40. The van der Waals surface area contributed by atoms with E-state index in [9.17, 15) is 8.42 Å². The highest BCUT2D eigenvalue weighted by Gasteiger charge is 2.01. The Bertz CT molecular complexity index is 377. The number of halogens is 1. The zero-order valence-electron chi connectivity index (χ0n) is 13.8. The second-order valence-electron chi connectivity index (χ2n) is 4.48.